The van der Waals surface area contributed by atoms with Gasteiger partial charge >= 0.3 is 0 Å². The first-order chi connectivity index (χ1) is 10.8. The van der Waals surface area contributed by atoms with Crippen molar-refractivity contribution in [3.63, 3.8) is 0 Å². The van der Waals surface area contributed by atoms with Crippen molar-refractivity contribution in [3.05, 3.63) is 71.3 Å². The maximum atomic E-state index is 2.71. The van der Waals surface area contributed by atoms with Gasteiger partial charge in [-0.2, -0.15) is 0 Å². The molecular weight excluding hydrogens is 266 g/mol. The second-order valence-corrected chi connectivity index (χ2v) is 6.55. The molecule has 1 aliphatic heterocycles. The van der Waals surface area contributed by atoms with Crippen molar-refractivity contribution in [2.45, 2.75) is 45.1 Å². The zero-order valence-corrected chi connectivity index (χ0v) is 13.7. The van der Waals surface area contributed by atoms with Gasteiger partial charge in [0.25, 0.3) is 0 Å². The number of aryl methyl sites for hydroxylation is 2. The van der Waals surface area contributed by atoms with E-state index < -0.39 is 0 Å². The Morgan fingerprint density at radius 3 is 2.50 bits per heavy atom. The van der Waals surface area contributed by atoms with Crippen molar-refractivity contribution in [3.8, 4) is 0 Å². The predicted octanol–water partition coefficient (Wildman–Crippen LogP) is 5.15. The summed E-state index contributed by atoms with van der Waals surface area (Å²) in [7, 11) is 0. The molecule has 1 nitrogen and oxygen atoms in total. The first-order valence-electron chi connectivity index (χ1n) is 8.67. The first kappa shape index (κ1) is 15.3. The van der Waals surface area contributed by atoms with E-state index in [1.807, 2.05) is 0 Å². The van der Waals surface area contributed by atoms with Crippen molar-refractivity contribution in [2.75, 3.05) is 13.1 Å². The molecule has 1 aliphatic rings. The topological polar surface area (TPSA) is 3.24 Å². The highest BCUT2D eigenvalue weighted by molar-refractivity contribution is 5.24. The summed E-state index contributed by atoms with van der Waals surface area (Å²) >= 11 is 0. The number of benzene rings is 2. The lowest BCUT2D eigenvalue weighted by atomic mass is 9.94. The molecule has 0 aromatic heterocycles. The van der Waals surface area contributed by atoms with Gasteiger partial charge < -0.3 is 0 Å². The lowest BCUT2D eigenvalue weighted by Gasteiger charge is -2.36. The monoisotopic (exact) mass is 293 g/mol. The lowest BCUT2D eigenvalue weighted by molar-refractivity contribution is 0.147. The Balaban J connectivity index is 1.59. The molecule has 1 fully saturated rings. The van der Waals surface area contributed by atoms with Gasteiger partial charge in [-0.3, -0.25) is 4.90 Å². The van der Waals surface area contributed by atoms with E-state index in [1.165, 1.54) is 61.9 Å². The van der Waals surface area contributed by atoms with Crippen molar-refractivity contribution in [1.82, 2.24) is 4.90 Å². The van der Waals surface area contributed by atoms with Gasteiger partial charge in [-0.1, -0.05) is 66.6 Å². The second kappa shape index (κ2) is 7.60. The van der Waals surface area contributed by atoms with E-state index in [9.17, 15) is 0 Å². The van der Waals surface area contributed by atoms with Crippen LogP contribution in [0.25, 0.3) is 0 Å². The summed E-state index contributed by atoms with van der Waals surface area (Å²) < 4.78 is 0. The van der Waals surface area contributed by atoms with Crippen LogP contribution in [0, 0.1) is 6.92 Å². The zero-order valence-electron chi connectivity index (χ0n) is 13.7. The quantitative estimate of drug-likeness (QED) is 0.736. The van der Waals surface area contributed by atoms with Crippen molar-refractivity contribution >= 4 is 0 Å². The van der Waals surface area contributed by atoms with Crippen molar-refractivity contribution in [2.24, 2.45) is 0 Å². The van der Waals surface area contributed by atoms with Gasteiger partial charge in [0, 0.05) is 6.04 Å². The maximum absolute atomic E-state index is 2.71. The molecule has 1 atom stereocenters. The minimum Gasteiger partial charge on any atom is -0.296 e. The Kier molecular flexibility index (Phi) is 5.29. The van der Waals surface area contributed by atoms with Crippen LogP contribution >= 0.6 is 0 Å². The molecule has 0 saturated carbocycles. The Morgan fingerprint density at radius 1 is 0.955 bits per heavy atom. The van der Waals surface area contributed by atoms with Crippen molar-refractivity contribution < 1.29 is 0 Å². The van der Waals surface area contributed by atoms with E-state index in [0.29, 0.717) is 6.04 Å². The van der Waals surface area contributed by atoms with Crippen LogP contribution in [0.1, 0.15) is 48.4 Å². The van der Waals surface area contributed by atoms with Crippen LogP contribution in [0.5, 0.6) is 0 Å². The third-order valence-corrected chi connectivity index (χ3v) is 4.83. The number of likely N-dealkylation sites (tertiary alicyclic amines) is 1. The SMILES string of the molecule is Cc1ccc(C2CCCCN2CCCc2ccccc2)cc1. The molecule has 0 spiro atoms. The molecule has 0 radical (unpaired) electrons. The van der Waals surface area contributed by atoms with Gasteiger partial charge in [-0.15, -0.1) is 0 Å². The molecule has 1 heterocycles. The molecule has 0 amide bonds. The number of rotatable bonds is 5. The molecule has 1 unspecified atom stereocenters. The molecule has 3 rings (SSSR count). The van der Waals surface area contributed by atoms with Crippen LogP contribution in [-0.2, 0) is 6.42 Å². The second-order valence-electron chi connectivity index (χ2n) is 6.55. The largest absolute Gasteiger partial charge is 0.296 e. The third kappa shape index (κ3) is 3.98. The summed E-state index contributed by atoms with van der Waals surface area (Å²) in [5.41, 5.74) is 4.33. The van der Waals surface area contributed by atoms with Crippen molar-refractivity contribution in [1.29, 1.82) is 0 Å². The fourth-order valence-corrected chi connectivity index (χ4v) is 3.56. The molecular formula is C21H27N. The Morgan fingerprint density at radius 2 is 1.73 bits per heavy atom. The summed E-state index contributed by atoms with van der Waals surface area (Å²) in [4.78, 5) is 2.71. The van der Waals surface area contributed by atoms with E-state index in [-0.39, 0.29) is 0 Å². The summed E-state index contributed by atoms with van der Waals surface area (Å²) in [6, 6.07) is 20.7. The predicted molar refractivity (Wildman–Crippen MR) is 94.1 cm³/mol. The van der Waals surface area contributed by atoms with Crippen LogP contribution < -0.4 is 0 Å². The number of nitrogens with zero attached hydrogens (tertiary/aromatic N) is 1. The first-order valence-corrected chi connectivity index (χ1v) is 8.67. The fraction of sp³-hybridized carbons (Fsp3) is 0.429. The maximum Gasteiger partial charge on any atom is 0.0348 e. The molecule has 22 heavy (non-hydrogen) atoms. The minimum absolute atomic E-state index is 0.630. The van der Waals surface area contributed by atoms with E-state index in [2.05, 4.69) is 66.4 Å². The Labute approximate surface area is 135 Å². The molecule has 0 bridgehead atoms. The normalized spacial score (nSPS) is 19.2. The lowest BCUT2D eigenvalue weighted by Crippen LogP contribution is -2.34. The minimum atomic E-state index is 0.630. The number of piperidine rings is 1. The number of hydrogen-bond acceptors (Lipinski definition) is 1. The molecule has 2 aromatic rings. The van der Waals surface area contributed by atoms with Gasteiger partial charge in [0.2, 0.25) is 0 Å². The highest BCUT2D eigenvalue weighted by Crippen LogP contribution is 2.31. The summed E-state index contributed by atoms with van der Waals surface area (Å²) in [6.07, 6.45) is 6.49. The zero-order chi connectivity index (χ0) is 15.2. The summed E-state index contributed by atoms with van der Waals surface area (Å²) in [6.45, 7) is 4.64. The highest BCUT2D eigenvalue weighted by Gasteiger charge is 2.23. The van der Waals surface area contributed by atoms with Gasteiger partial charge in [0.05, 0.1) is 0 Å². The van der Waals surface area contributed by atoms with Gasteiger partial charge in [0.15, 0.2) is 0 Å². The van der Waals surface area contributed by atoms with Crippen LogP contribution in [0.2, 0.25) is 0 Å². The standard InChI is InChI=1S/C21H27N/c1-18-12-14-20(15-13-18)21-11-5-6-16-22(21)17-7-10-19-8-3-2-4-9-19/h2-4,8-9,12-15,21H,5-7,10-11,16-17H2,1H3. The van der Waals surface area contributed by atoms with Gasteiger partial charge in [-0.25, -0.2) is 0 Å². The van der Waals surface area contributed by atoms with Gasteiger partial charge in [-0.05, 0) is 56.8 Å². The van der Waals surface area contributed by atoms with E-state index >= 15 is 0 Å². The van der Waals surface area contributed by atoms with Crippen LogP contribution in [0.15, 0.2) is 54.6 Å². The summed E-state index contributed by atoms with van der Waals surface area (Å²) in [5, 5.41) is 0. The van der Waals surface area contributed by atoms with Gasteiger partial charge in [0.1, 0.15) is 0 Å². The molecule has 116 valence electrons. The molecule has 1 heteroatoms. The fourth-order valence-electron chi connectivity index (χ4n) is 3.56. The third-order valence-electron chi connectivity index (χ3n) is 4.83. The molecule has 0 N–H and O–H groups in total. The molecule has 2 aromatic carbocycles. The van der Waals surface area contributed by atoms with Crippen LogP contribution in [0.4, 0.5) is 0 Å². The van der Waals surface area contributed by atoms with Crippen LogP contribution in [-0.4, -0.2) is 18.0 Å². The average molecular weight is 293 g/mol. The average Bonchev–Trinajstić information content (AvgIpc) is 2.57. The number of hydrogen-bond donors (Lipinski definition) is 0. The van der Waals surface area contributed by atoms with E-state index in [0.717, 1.165) is 0 Å². The van der Waals surface area contributed by atoms with E-state index in [1.54, 1.807) is 0 Å². The highest BCUT2D eigenvalue weighted by atomic mass is 15.2. The van der Waals surface area contributed by atoms with E-state index in [4.69, 9.17) is 0 Å². The Bertz CT molecular complexity index is 558. The summed E-state index contributed by atoms with van der Waals surface area (Å²) in [5.74, 6) is 0. The molecule has 0 aliphatic carbocycles. The van der Waals surface area contributed by atoms with Crippen LogP contribution in [0.3, 0.4) is 0 Å². The molecule has 1 saturated heterocycles. The smallest absolute Gasteiger partial charge is 0.0348 e. The Hall–Kier alpha value is -1.60.